The maximum atomic E-state index is 13.4. The van der Waals surface area contributed by atoms with E-state index >= 15 is 0 Å². The van der Waals surface area contributed by atoms with Gasteiger partial charge in [0.1, 0.15) is 23.8 Å². The lowest BCUT2D eigenvalue weighted by molar-refractivity contribution is 0.0458. The maximum absolute atomic E-state index is 13.4. The van der Waals surface area contributed by atoms with E-state index in [4.69, 9.17) is 10.5 Å². The number of ether oxygens (including phenoxy) is 1. The van der Waals surface area contributed by atoms with Gasteiger partial charge >= 0.3 is 5.97 Å². The molecule has 2 N–H and O–H groups in total. The van der Waals surface area contributed by atoms with Gasteiger partial charge in [0.15, 0.2) is 0 Å². The molecule has 94 valence electrons. The molecule has 2 rings (SSSR count). The van der Waals surface area contributed by atoms with Crippen LogP contribution in [0.2, 0.25) is 0 Å². The average Bonchev–Trinajstić information content (AvgIpc) is 2.72. The normalized spacial score (nSPS) is 10.3. The van der Waals surface area contributed by atoms with Gasteiger partial charge in [-0.3, -0.25) is 0 Å². The number of hydrogen-bond donors (Lipinski definition) is 1. The van der Waals surface area contributed by atoms with Crippen LogP contribution in [0.3, 0.4) is 0 Å². The van der Waals surface area contributed by atoms with E-state index in [1.165, 1.54) is 12.1 Å². The van der Waals surface area contributed by atoms with Crippen LogP contribution in [0.1, 0.15) is 21.7 Å². The zero-order valence-electron chi connectivity index (χ0n) is 9.51. The van der Waals surface area contributed by atoms with Crippen molar-refractivity contribution < 1.29 is 18.6 Å². The van der Waals surface area contributed by atoms with E-state index in [1.807, 2.05) is 0 Å². The molecule has 0 saturated heterocycles. The summed E-state index contributed by atoms with van der Waals surface area (Å²) < 4.78 is 22.8. The fraction of sp³-hybridized carbons (Fsp3) is 0.182. The van der Waals surface area contributed by atoms with Crippen LogP contribution in [0, 0.1) is 12.7 Å². The maximum Gasteiger partial charge on any atom is 0.341 e. The number of nitrogen functional groups attached to an aromatic ring is 1. The number of halogens is 1. The number of carbonyl (C=O) groups excluding carboxylic acids is 1. The molecule has 0 amide bonds. The Morgan fingerprint density at radius 2 is 2.28 bits per heavy atom. The molecule has 0 unspecified atom stereocenters. The summed E-state index contributed by atoms with van der Waals surface area (Å²) in [5, 5.41) is 7.07. The summed E-state index contributed by atoms with van der Waals surface area (Å²) in [4.78, 5) is 11.6. The molecule has 18 heavy (non-hydrogen) atoms. The summed E-state index contributed by atoms with van der Waals surface area (Å²) in [6.07, 6.45) is 0. The lowest BCUT2D eigenvalue weighted by Crippen LogP contribution is -2.08. The third kappa shape index (κ3) is 2.45. The first-order valence-corrected chi connectivity index (χ1v) is 5.08. The minimum Gasteiger partial charge on any atom is -0.455 e. The minimum atomic E-state index is -0.796. The van der Waals surface area contributed by atoms with Gasteiger partial charge in [-0.05, 0) is 25.1 Å². The number of rotatable bonds is 3. The molecule has 0 fully saturated rings. The van der Waals surface area contributed by atoms with Gasteiger partial charge in [-0.15, -0.1) is 0 Å². The first-order valence-electron chi connectivity index (χ1n) is 5.08. The van der Waals surface area contributed by atoms with Gasteiger partial charge in [-0.25, -0.2) is 13.8 Å². The van der Waals surface area contributed by atoms with E-state index in [0.717, 1.165) is 6.07 Å². The Bertz CT molecular complexity index is 583. The van der Waals surface area contributed by atoms with Crippen molar-refractivity contribution in [1.82, 2.24) is 10.3 Å². The quantitative estimate of drug-likeness (QED) is 0.655. The van der Waals surface area contributed by atoms with Crippen LogP contribution in [-0.2, 0) is 11.3 Å². The van der Waals surface area contributed by atoms with E-state index in [0.29, 0.717) is 11.4 Å². The van der Waals surface area contributed by atoms with E-state index < -0.39 is 11.8 Å². The molecule has 1 heterocycles. The zero-order chi connectivity index (χ0) is 13.1. The number of esters is 1. The van der Waals surface area contributed by atoms with Crippen molar-refractivity contribution in [3.63, 3.8) is 0 Å². The molecule has 0 saturated carbocycles. The van der Waals surface area contributed by atoms with Gasteiger partial charge in [0.2, 0.25) is 0 Å². The monoisotopic (exact) mass is 251 g/mol. The summed E-state index contributed by atoms with van der Waals surface area (Å²) >= 11 is 0. The second-order valence-electron chi connectivity index (χ2n) is 3.61. The van der Waals surface area contributed by atoms with Crippen LogP contribution in [0.4, 0.5) is 10.1 Å². The van der Waals surface area contributed by atoms with E-state index in [9.17, 15) is 9.18 Å². The van der Waals surface area contributed by atoms with Crippen molar-refractivity contribution in [2.24, 2.45) is 0 Å². The summed E-state index contributed by atoms with van der Waals surface area (Å²) in [5.41, 5.74) is 6.33. The summed E-state index contributed by atoms with van der Waals surface area (Å²) in [5.74, 6) is -1.52. The van der Waals surface area contributed by atoms with Gasteiger partial charge in [0.05, 0.1) is 5.56 Å². The molecule has 0 aliphatic rings. The summed E-state index contributed by atoms with van der Waals surface area (Å²) in [6.45, 7) is 1.53. The van der Waals surface area contributed by atoms with Crippen molar-refractivity contribution in [2.45, 2.75) is 13.5 Å². The molecule has 2 aromatic rings. The summed E-state index contributed by atoms with van der Waals surface area (Å²) in [6, 6.07) is 3.74. The van der Waals surface area contributed by atoms with Crippen LogP contribution in [0.5, 0.6) is 0 Å². The zero-order valence-corrected chi connectivity index (χ0v) is 9.51. The highest BCUT2D eigenvalue weighted by Gasteiger charge is 2.15. The lowest BCUT2D eigenvalue weighted by atomic mass is 10.2. The number of aromatic nitrogens is 2. The van der Waals surface area contributed by atoms with Crippen molar-refractivity contribution in [1.29, 1.82) is 0 Å². The molecule has 0 aliphatic heterocycles. The SMILES string of the molecule is Cc1nonc1COC(=O)c1ccc(N)cc1F. The minimum absolute atomic E-state index is 0.127. The lowest BCUT2D eigenvalue weighted by Gasteiger charge is -2.04. The van der Waals surface area contributed by atoms with E-state index in [2.05, 4.69) is 14.9 Å². The second kappa shape index (κ2) is 4.82. The Morgan fingerprint density at radius 3 is 2.89 bits per heavy atom. The Kier molecular flexibility index (Phi) is 3.22. The summed E-state index contributed by atoms with van der Waals surface area (Å²) in [7, 11) is 0. The third-order valence-corrected chi connectivity index (χ3v) is 2.30. The van der Waals surface area contributed by atoms with Gasteiger partial charge < -0.3 is 10.5 Å². The number of hydrogen-bond acceptors (Lipinski definition) is 6. The number of nitrogens with two attached hydrogens (primary N) is 1. The number of aryl methyl sites for hydroxylation is 1. The fourth-order valence-electron chi connectivity index (χ4n) is 1.29. The number of nitrogens with zero attached hydrogens (tertiary/aromatic N) is 2. The topological polar surface area (TPSA) is 91.2 Å². The Labute approximate surface area is 102 Å². The molecule has 7 heteroatoms. The molecule has 0 bridgehead atoms. The number of carbonyl (C=O) groups is 1. The van der Waals surface area contributed by atoms with Gasteiger partial charge in [-0.2, -0.15) is 0 Å². The van der Waals surface area contributed by atoms with Gasteiger partial charge in [0.25, 0.3) is 0 Å². The molecule has 0 spiro atoms. The Hall–Kier alpha value is -2.44. The van der Waals surface area contributed by atoms with Crippen molar-refractivity contribution in [3.05, 3.63) is 41.0 Å². The van der Waals surface area contributed by atoms with Gasteiger partial charge in [0, 0.05) is 5.69 Å². The molecule has 0 aliphatic carbocycles. The number of anilines is 1. The molecule has 0 radical (unpaired) electrons. The van der Waals surface area contributed by atoms with Gasteiger partial charge in [-0.1, -0.05) is 10.3 Å². The second-order valence-corrected chi connectivity index (χ2v) is 3.61. The van der Waals surface area contributed by atoms with Crippen LogP contribution < -0.4 is 5.73 Å². The van der Waals surface area contributed by atoms with E-state index in [1.54, 1.807) is 6.92 Å². The highest BCUT2D eigenvalue weighted by atomic mass is 19.1. The largest absolute Gasteiger partial charge is 0.455 e. The smallest absolute Gasteiger partial charge is 0.341 e. The Balaban J connectivity index is 2.06. The standard InChI is InChI=1S/C11H10FN3O3/c1-6-10(15-18-14-6)5-17-11(16)8-3-2-7(13)4-9(8)12/h2-4H,5,13H2,1H3. The number of benzene rings is 1. The van der Waals surface area contributed by atoms with Crippen LogP contribution in [0.15, 0.2) is 22.8 Å². The highest BCUT2D eigenvalue weighted by molar-refractivity contribution is 5.90. The van der Waals surface area contributed by atoms with Crippen LogP contribution in [-0.4, -0.2) is 16.3 Å². The molecule has 0 atom stereocenters. The predicted octanol–water partition coefficient (Wildman–Crippen LogP) is 1.46. The Morgan fingerprint density at radius 1 is 1.50 bits per heavy atom. The molecule has 1 aromatic carbocycles. The molecular formula is C11H10FN3O3. The highest BCUT2D eigenvalue weighted by Crippen LogP contribution is 2.14. The molecule has 6 nitrogen and oxygen atoms in total. The van der Waals surface area contributed by atoms with Crippen LogP contribution in [0.25, 0.3) is 0 Å². The van der Waals surface area contributed by atoms with Crippen LogP contribution >= 0.6 is 0 Å². The van der Waals surface area contributed by atoms with Crippen molar-refractivity contribution >= 4 is 11.7 Å². The first kappa shape index (κ1) is 12.0. The molecule has 1 aromatic heterocycles. The van der Waals surface area contributed by atoms with Crippen molar-refractivity contribution in [2.75, 3.05) is 5.73 Å². The average molecular weight is 251 g/mol. The van der Waals surface area contributed by atoms with E-state index in [-0.39, 0.29) is 17.9 Å². The third-order valence-electron chi connectivity index (χ3n) is 2.30. The predicted molar refractivity (Wildman–Crippen MR) is 59.0 cm³/mol. The molecular weight excluding hydrogens is 241 g/mol. The fourth-order valence-corrected chi connectivity index (χ4v) is 1.29. The van der Waals surface area contributed by atoms with Crippen molar-refractivity contribution in [3.8, 4) is 0 Å². The first-order chi connectivity index (χ1) is 8.58.